The molecule has 0 aromatic carbocycles. The van der Waals surface area contributed by atoms with Gasteiger partial charge in [0.2, 0.25) is 0 Å². The third-order valence-corrected chi connectivity index (χ3v) is 2.43. The highest BCUT2D eigenvalue weighted by Crippen LogP contribution is 2.22. The average Bonchev–Trinajstić information content (AvgIpc) is 2.29. The molecule has 2 heterocycles. The van der Waals surface area contributed by atoms with Crippen LogP contribution in [-0.4, -0.2) is 22.7 Å². The SMILES string of the molecule is CC1(C)OC(=O)C(=CNc2ccc(Cl)cn2)C(=O)O1. The molecule has 100 valence electrons. The summed E-state index contributed by atoms with van der Waals surface area (Å²) in [5, 5.41) is 3.18. The number of carbonyl (C=O) groups excluding carboxylic acids is 2. The largest absolute Gasteiger partial charge is 0.419 e. The Labute approximate surface area is 114 Å². The normalized spacial score (nSPS) is 17.5. The predicted octanol–water partition coefficient (Wildman–Crippen LogP) is 1.87. The van der Waals surface area contributed by atoms with Crippen LogP contribution in [0, 0.1) is 0 Å². The number of hydrogen-bond acceptors (Lipinski definition) is 6. The number of nitrogens with zero attached hydrogens (tertiary/aromatic N) is 1. The molecule has 1 N–H and O–H groups in total. The van der Waals surface area contributed by atoms with Crippen LogP contribution in [0.2, 0.25) is 5.02 Å². The first-order valence-electron chi connectivity index (χ1n) is 5.42. The zero-order chi connectivity index (χ0) is 14.0. The first-order valence-corrected chi connectivity index (χ1v) is 5.80. The predicted molar refractivity (Wildman–Crippen MR) is 67.2 cm³/mol. The highest BCUT2D eigenvalue weighted by molar-refractivity contribution is 6.30. The van der Waals surface area contributed by atoms with Crippen LogP contribution in [0.15, 0.2) is 30.1 Å². The van der Waals surface area contributed by atoms with Crippen LogP contribution in [0.25, 0.3) is 0 Å². The molecule has 1 aromatic heterocycles. The number of halogens is 1. The first kappa shape index (κ1) is 13.4. The molecule has 0 radical (unpaired) electrons. The van der Waals surface area contributed by atoms with Gasteiger partial charge in [-0.3, -0.25) is 0 Å². The fraction of sp³-hybridized carbons (Fsp3) is 0.250. The molecule has 0 spiro atoms. The van der Waals surface area contributed by atoms with E-state index in [0.29, 0.717) is 10.8 Å². The zero-order valence-electron chi connectivity index (χ0n) is 10.3. The van der Waals surface area contributed by atoms with Crippen LogP contribution < -0.4 is 5.32 Å². The molecule has 0 amide bonds. The lowest BCUT2D eigenvalue weighted by Gasteiger charge is -2.29. The minimum Gasteiger partial charge on any atom is -0.419 e. The lowest BCUT2D eigenvalue weighted by Crippen LogP contribution is -2.42. The number of anilines is 1. The molecule has 6 nitrogen and oxygen atoms in total. The quantitative estimate of drug-likeness (QED) is 0.507. The van der Waals surface area contributed by atoms with Crippen LogP contribution >= 0.6 is 11.6 Å². The van der Waals surface area contributed by atoms with Gasteiger partial charge in [0.25, 0.3) is 5.79 Å². The third-order valence-electron chi connectivity index (χ3n) is 2.21. The van der Waals surface area contributed by atoms with Crippen molar-refractivity contribution in [2.45, 2.75) is 19.6 Å². The van der Waals surface area contributed by atoms with Crippen molar-refractivity contribution in [2.75, 3.05) is 5.32 Å². The van der Waals surface area contributed by atoms with Gasteiger partial charge in [0.05, 0.1) is 5.02 Å². The van der Waals surface area contributed by atoms with Crippen molar-refractivity contribution in [2.24, 2.45) is 0 Å². The smallest absolute Gasteiger partial charge is 0.350 e. The van der Waals surface area contributed by atoms with Crippen molar-refractivity contribution in [1.29, 1.82) is 0 Å². The summed E-state index contributed by atoms with van der Waals surface area (Å²) in [6.45, 7) is 2.96. The van der Waals surface area contributed by atoms with E-state index < -0.39 is 17.7 Å². The van der Waals surface area contributed by atoms with E-state index in [0.717, 1.165) is 0 Å². The summed E-state index contributed by atoms with van der Waals surface area (Å²) < 4.78 is 9.86. The molecule has 19 heavy (non-hydrogen) atoms. The van der Waals surface area contributed by atoms with Crippen molar-refractivity contribution < 1.29 is 19.1 Å². The van der Waals surface area contributed by atoms with E-state index in [1.165, 1.54) is 26.2 Å². The van der Waals surface area contributed by atoms with Gasteiger partial charge in [-0.1, -0.05) is 11.6 Å². The van der Waals surface area contributed by atoms with E-state index in [-0.39, 0.29) is 5.57 Å². The number of nitrogens with one attached hydrogen (secondary N) is 1. The maximum Gasteiger partial charge on any atom is 0.350 e. The van der Waals surface area contributed by atoms with Crippen LogP contribution in [0.3, 0.4) is 0 Å². The molecule has 0 bridgehead atoms. The fourth-order valence-corrected chi connectivity index (χ4v) is 1.50. The second-order valence-corrected chi connectivity index (χ2v) is 4.68. The Balaban J connectivity index is 2.13. The third kappa shape index (κ3) is 3.23. The molecule has 2 rings (SSSR count). The molecule has 0 aliphatic carbocycles. The molecular formula is C12H11ClN2O4. The monoisotopic (exact) mass is 282 g/mol. The summed E-state index contributed by atoms with van der Waals surface area (Å²) in [4.78, 5) is 27.2. The number of cyclic esters (lactones) is 2. The van der Waals surface area contributed by atoms with E-state index in [1.807, 2.05) is 0 Å². The number of esters is 2. The van der Waals surface area contributed by atoms with Gasteiger partial charge in [-0.15, -0.1) is 0 Å². The molecule has 1 aromatic rings. The molecule has 1 fully saturated rings. The van der Waals surface area contributed by atoms with Crippen LogP contribution in [-0.2, 0) is 19.1 Å². The Morgan fingerprint density at radius 3 is 2.42 bits per heavy atom. The average molecular weight is 283 g/mol. The molecule has 1 aliphatic heterocycles. The second kappa shape index (κ2) is 4.89. The lowest BCUT2D eigenvalue weighted by atomic mass is 10.2. The number of hydrogen-bond donors (Lipinski definition) is 1. The standard InChI is InChI=1S/C12H11ClN2O4/c1-12(2)18-10(16)8(11(17)19-12)6-15-9-4-3-7(13)5-14-9/h3-6H,1-2H3,(H,14,15). The fourth-order valence-electron chi connectivity index (χ4n) is 1.39. The van der Waals surface area contributed by atoms with Gasteiger partial charge in [0.15, 0.2) is 5.57 Å². The van der Waals surface area contributed by atoms with E-state index in [9.17, 15) is 9.59 Å². The van der Waals surface area contributed by atoms with Gasteiger partial charge >= 0.3 is 11.9 Å². The number of rotatable bonds is 2. The highest BCUT2D eigenvalue weighted by atomic mass is 35.5. The van der Waals surface area contributed by atoms with E-state index in [4.69, 9.17) is 21.1 Å². The van der Waals surface area contributed by atoms with E-state index >= 15 is 0 Å². The van der Waals surface area contributed by atoms with E-state index in [1.54, 1.807) is 12.1 Å². The number of aromatic nitrogens is 1. The van der Waals surface area contributed by atoms with Crippen molar-refractivity contribution in [3.63, 3.8) is 0 Å². The molecular weight excluding hydrogens is 272 g/mol. The number of pyridine rings is 1. The second-order valence-electron chi connectivity index (χ2n) is 4.24. The van der Waals surface area contributed by atoms with Gasteiger partial charge in [0, 0.05) is 26.2 Å². The van der Waals surface area contributed by atoms with E-state index in [2.05, 4.69) is 10.3 Å². The minimum atomic E-state index is -1.25. The number of carbonyl (C=O) groups is 2. The summed E-state index contributed by atoms with van der Waals surface area (Å²) >= 11 is 5.68. The summed E-state index contributed by atoms with van der Waals surface area (Å²) in [5.41, 5.74) is -0.226. The Morgan fingerprint density at radius 1 is 1.26 bits per heavy atom. The van der Waals surface area contributed by atoms with Crippen molar-refractivity contribution in [3.8, 4) is 0 Å². The molecule has 1 saturated heterocycles. The maximum atomic E-state index is 11.6. The Morgan fingerprint density at radius 2 is 1.89 bits per heavy atom. The summed E-state index contributed by atoms with van der Waals surface area (Å²) in [6, 6.07) is 3.22. The summed E-state index contributed by atoms with van der Waals surface area (Å²) in [5.74, 6) is -2.31. The summed E-state index contributed by atoms with van der Waals surface area (Å²) in [7, 11) is 0. The Bertz CT molecular complexity index is 529. The maximum absolute atomic E-state index is 11.6. The highest BCUT2D eigenvalue weighted by Gasteiger charge is 2.38. The topological polar surface area (TPSA) is 77.5 Å². The van der Waals surface area contributed by atoms with Gasteiger partial charge in [0.1, 0.15) is 5.82 Å². The number of ether oxygens (including phenoxy) is 2. The van der Waals surface area contributed by atoms with Gasteiger partial charge in [-0.05, 0) is 12.1 Å². The zero-order valence-corrected chi connectivity index (χ0v) is 11.0. The van der Waals surface area contributed by atoms with Crippen LogP contribution in [0.4, 0.5) is 5.82 Å². The first-order chi connectivity index (χ1) is 8.87. The van der Waals surface area contributed by atoms with Crippen LogP contribution in [0.1, 0.15) is 13.8 Å². The molecule has 0 atom stereocenters. The van der Waals surface area contributed by atoms with Crippen LogP contribution in [0.5, 0.6) is 0 Å². The molecule has 7 heteroatoms. The van der Waals surface area contributed by atoms with Crippen molar-refractivity contribution in [1.82, 2.24) is 4.98 Å². The van der Waals surface area contributed by atoms with Gasteiger partial charge < -0.3 is 14.8 Å². The van der Waals surface area contributed by atoms with Gasteiger partial charge in [-0.25, -0.2) is 14.6 Å². The molecule has 0 saturated carbocycles. The Kier molecular flexibility index (Phi) is 3.44. The van der Waals surface area contributed by atoms with Crippen molar-refractivity contribution >= 4 is 29.4 Å². The molecule has 0 unspecified atom stereocenters. The summed E-state index contributed by atoms with van der Waals surface area (Å²) in [6.07, 6.45) is 2.62. The minimum absolute atomic E-state index is 0.226. The van der Waals surface area contributed by atoms with Crippen molar-refractivity contribution in [3.05, 3.63) is 35.1 Å². The lowest BCUT2D eigenvalue weighted by molar-refractivity contribution is -0.222. The molecule has 1 aliphatic rings. The van der Waals surface area contributed by atoms with Gasteiger partial charge in [-0.2, -0.15) is 0 Å². The Hall–Kier alpha value is -2.08.